The molecule has 1 aromatic rings. The Balaban J connectivity index is 2.38. The third-order valence-corrected chi connectivity index (χ3v) is 3.40. The molecule has 1 aliphatic heterocycles. The van der Waals surface area contributed by atoms with Crippen LogP contribution in [0.15, 0.2) is 35.5 Å². The fourth-order valence-electron chi connectivity index (χ4n) is 2.08. The number of hydrogen-bond donors (Lipinski definition) is 2. The van der Waals surface area contributed by atoms with E-state index in [4.69, 9.17) is 21.7 Å². The summed E-state index contributed by atoms with van der Waals surface area (Å²) in [5.74, 6) is 0.352. The van der Waals surface area contributed by atoms with E-state index in [9.17, 15) is 4.79 Å². The standard InChI is InChI=1S/C14H16N2O3S/c1-8-11(9-4-6-10(18-2)7-5-9)15-14(20)16-12(8)13(17)19-3/h4-7,11H,1-3H3,(H2,15,16,20)/t11-/m0/s1. The van der Waals surface area contributed by atoms with Gasteiger partial charge in [-0.15, -0.1) is 0 Å². The summed E-state index contributed by atoms with van der Waals surface area (Å²) in [5.41, 5.74) is 2.21. The molecule has 0 saturated heterocycles. The van der Waals surface area contributed by atoms with Crippen molar-refractivity contribution in [3.63, 3.8) is 0 Å². The number of esters is 1. The molecule has 1 aliphatic rings. The van der Waals surface area contributed by atoms with Crippen LogP contribution in [0.5, 0.6) is 5.75 Å². The van der Waals surface area contributed by atoms with Crippen molar-refractivity contribution >= 4 is 23.3 Å². The molecule has 5 nitrogen and oxygen atoms in total. The average Bonchev–Trinajstić information content (AvgIpc) is 2.48. The smallest absolute Gasteiger partial charge is 0.354 e. The second kappa shape index (κ2) is 5.92. The van der Waals surface area contributed by atoms with Gasteiger partial charge in [-0.3, -0.25) is 0 Å². The molecule has 2 rings (SSSR count). The van der Waals surface area contributed by atoms with E-state index < -0.39 is 5.97 Å². The average molecular weight is 292 g/mol. The second-order valence-corrected chi connectivity index (χ2v) is 4.76. The molecule has 0 aromatic heterocycles. The minimum atomic E-state index is -0.426. The van der Waals surface area contributed by atoms with Gasteiger partial charge in [0, 0.05) is 0 Å². The Morgan fingerprint density at radius 3 is 2.45 bits per heavy atom. The molecule has 0 unspecified atom stereocenters. The van der Waals surface area contributed by atoms with Crippen molar-refractivity contribution < 1.29 is 14.3 Å². The van der Waals surface area contributed by atoms with E-state index in [0.29, 0.717) is 10.8 Å². The van der Waals surface area contributed by atoms with E-state index in [1.165, 1.54) is 7.11 Å². The lowest BCUT2D eigenvalue weighted by molar-refractivity contribution is -0.136. The normalized spacial score (nSPS) is 18.1. The summed E-state index contributed by atoms with van der Waals surface area (Å²) in [7, 11) is 2.96. The molecular weight excluding hydrogens is 276 g/mol. The first-order chi connectivity index (χ1) is 9.56. The number of carbonyl (C=O) groups excluding carboxylic acids is 1. The predicted octanol–water partition coefficient (Wildman–Crippen LogP) is 1.66. The summed E-state index contributed by atoms with van der Waals surface area (Å²) in [6.07, 6.45) is 0. The lowest BCUT2D eigenvalue weighted by Gasteiger charge is -2.29. The van der Waals surface area contributed by atoms with Crippen molar-refractivity contribution in [2.75, 3.05) is 14.2 Å². The minimum Gasteiger partial charge on any atom is -0.497 e. The zero-order chi connectivity index (χ0) is 14.7. The van der Waals surface area contributed by atoms with Crippen LogP contribution in [-0.2, 0) is 9.53 Å². The Hall–Kier alpha value is -2.08. The highest BCUT2D eigenvalue weighted by Gasteiger charge is 2.27. The molecule has 1 atom stereocenters. The lowest BCUT2D eigenvalue weighted by atomic mass is 9.96. The fraction of sp³-hybridized carbons (Fsp3) is 0.286. The van der Waals surface area contributed by atoms with Gasteiger partial charge in [0.05, 0.1) is 20.3 Å². The first kappa shape index (κ1) is 14.3. The zero-order valence-corrected chi connectivity index (χ0v) is 12.3. The predicted molar refractivity (Wildman–Crippen MR) is 79.3 cm³/mol. The number of ether oxygens (including phenoxy) is 2. The van der Waals surface area contributed by atoms with Crippen LogP contribution in [0.4, 0.5) is 0 Å². The van der Waals surface area contributed by atoms with Gasteiger partial charge in [0.1, 0.15) is 11.4 Å². The molecule has 106 valence electrons. The maximum atomic E-state index is 11.8. The summed E-state index contributed by atoms with van der Waals surface area (Å²) >= 11 is 5.14. The summed E-state index contributed by atoms with van der Waals surface area (Å²) in [4.78, 5) is 11.8. The molecular formula is C14H16N2O3S. The molecule has 0 bridgehead atoms. The quantitative estimate of drug-likeness (QED) is 0.653. The van der Waals surface area contributed by atoms with Gasteiger partial charge >= 0.3 is 5.97 Å². The number of hydrogen-bond acceptors (Lipinski definition) is 4. The molecule has 0 amide bonds. The summed E-state index contributed by atoms with van der Waals surface area (Å²) in [6.45, 7) is 1.86. The maximum Gasteiger partial charge on any atom is 0.354 e. The van der Waals surface area contributed by atoms with Gasteiger partial charge in [0.15, 0.2) is 5.11 Å². The molecule has 0 radical (unpaired) electrons. The number of nitrogens with one attached hydrogen (secondary N) is 2. The fourth-order valence-corrected chi connectivity index (χ4v) is 2.30. The number of methoxy groups -OCH3 is 2. The minimum absolute atomic E-state index is 0.163. The number of thiocarbonyl (C=S) groups is 1. The van der Waals surface area contributed by atoms with Crippen molar-refractivity contribution in [2.24, 2.45) is 0 Å². The molecule has 0 fully saturated rings. The van der Waals surface area contributed by atoms with Crippen LogP contribution in [0.1, 0.15) is 18.5 Å². The van der Waals surface area contributed by atoms with Crippen LogP contribution in [0, 0.1) is 0 Å². The Morgan fingerprint density at radius 2 is 1.90 bits per heavy atom. The van der Waals surface area contributed by atoms with Crippen molar-refractivity contribution in [1.82, 2.24) is 10.6 Å². The van der Waals surface area contributed by atoms with E-state index in [1.54, 1.807) is 7.11 Å². The first-order valence-corrected chi connectivity index (χ1v) is 6.48. The molecule has 20 heavy (non-hydrogen) atoms. The van der Waals surface area contributed by atoms with Gasteiger partial charge in [-0.05, 0) is 42.4 Å². The van der Waals surface area contributed by atoms with Gasteiger partial charge in [-0.1, -0.05) is 12.1 Å². The van der Waals surface area contributed by atoms with Crippen molar-refractivity contribution in [3.05, 3.63) is 41.1 Å². The first-order valence-electron chi connectivity index (χ1n) is 6.07. The Morgan fingerprint density at radius 1 is 1.25 bits per heavy atom. The van der Waals surface area contributed by atoms with E-state index in [2.05, 4.69) is 10.6 Å². The van der Waals surface area contributed by atoms with E-state index >= 15 is 0 Å². The monoisotopic (exact) mass is 292 g/mol. The Bertz CT molecular complexity index is 566. The van der Waals surface area contributed by atoms with Gasteiger partial charge < -0.3 is 20.1 Å². The summed E-state index contributed by atoms with van der Waals surface area (Å²) < 4.78 is 9.90. The number of rotatable bonds is 3. The van der Waals surface area contributed by atoms with Crippen LogP contribution in [0.2, 0.25) is 0 Å². The number of carbonyl (C=O) groups is 1. The van der Waals surface area contributed by atoms with Crippen LogP contribution >= 0.6 is 12.2 Å². The van der Waals surface area contributed by atoms with Gasteiger partial charge in [-0.25, -0.2) is 4.79 Å². The molecule has 0 aliphatic carbocycles. The van der Waals surface area contributed by atoms with Crippen LogP contribution in [-0.4, -0.2) is 25.3 Å². The molecule has 6 heteroatoms. The molecule has 2 N–H and O–H groups in total. The summed E-state index contributed by atoms with van der Waals surface area (Å²) in [6, 6.07) is 7.44. The van der Waals surface area contributed by atoms with Gasteiger partial charge in [0.2, 0.25) is 0 Å². The third-order valence-electron chi connectivity index (χ3n) is 3.18. The molecule has 0 saturated carbocycles. The van der Waals surface area contributed by atoms with Crippen molar-refractivity contribution in [1.29, 1.82) is 0 Å². The highest BCUT2D eigenvalue weighted by atomic mass is 32.1. The van der Waals surface area contributed by atoms with Crippen LogP contribution in [0.3, 0.4) is 0 Å². The Kier molecular flexibility index (Phi) is 4.24. The Labute approximate surface area is 123 Å². The second-order valence-electron chi connectivity index (χ2n) is 4.35. The van der Waals surface area contributed by atoms with Gasteiger partial charge in [0.25, 0.3) is 0 Å². The molecule has 0 spiro atoms. The van der Waals surface area contributed by atoms with Crippen molar-refractivity contribution in [2.45, 2.75) is 13.0 Å². The number of benzene rings is 1. The SMILES string of the molecule is COC(=O)C1=C(C)[C@@H](c2ccc(OC)cc2)NC(=S)N1. The van der Waals surface area contributed by atoms with E-state index in [0.717, 1.165) is 16.9 Å². The van der Waals surface area contributed by atoms with Crippen LogP contribution < -0.4 is 15.4 Å². The summed E-state index contributed by atoms with van der Waals surface area (Å²) in [5, 5.41) is 6.38. The van der Waals surface area contributed by atoms with E-state index in [-0.39, 0.29) is 6.04 Å². The lowest BCUT2D eigenvalue weighted by Crippen LogP contribution is -2.45. The topological polar surface area (TPSA) is 59.6 Å². The highest BCUT2D eigenvalue weighted by molar-refractivity contribution is 7.80. The van der Waals surface area contributed by atoms with Crippen molar-refractivity contribution in [3.8, 4) is 5.75 Å². The largest absolute Gasteiger partial charge is 0.497 e. The third kappa shape index (κ3) is 2.75. The molecule has 1 aromatic carbocycles. The molecule has 1 heterocycles. The van der Waals surface area contributed by atoms with E-state index in [1.807, 2.05) is 31.2 Å². The maximum absolute atomic E-state index is 11.8. The van der Waals surface area contributed by atoms with Crippen LogP contribution in [0.25, 0.3) is 0 Å². The zero-order valence-electron chi connectivity index (χ0n) is 11.5. The van der Waals surface area contributed by atoms with Gasteiger partial charge in [-0.2, -0.15) is 0 Å². The highest BCUT2D eigenvalue weighted by Crippen LogP contribution is 2.27.